The van der Waals surface area contributed by atoms with Crippen LogP contribution in [0.25, 0.3) is 0 Å². The van der Waals surface area contributed by atoms with Crippen molar-refractivity contribution in [1.29, 1.82) is 5.26 Å². The minimum Gasteiger partial charge on any atom is -0.298 e. The molecule has 0 aliphatic rings. The van der Waals surface area contributed by atoms with Gasteiger partial charge in [-0.3, -0.25) is 10.00 Å². The lowest BCUT2D eigenvalue weighted by Gasteiger charge is -2.22. The minimum absolute atomic E-state index is 0.491. The van der Waals surface area contributed by atoms with Gasteiger partial charge in [0.1, 0.15) is 5.54 Å². The first-order valence-corrected chi connectivity index (χ1v) is 5.24. The van der Waals surface area contributed by atoms with Crippen LogP contribution >= 0.6 is 11.6 Å². The number of halogens is 1. The van der Waals surface area contributed by atoms with E-state index in [1.807, 2.05) is 20.8 Å². The Hall–Kier alpha value is -1.05. The van der Waals surface area contributed by atoms with Crippen molar-refractivity contribution < 1.29 is 0 Å². The number of nitriles is 1. The fourth-order valence-electron chi connectivity index (χ4n) is 1.42. The van der Waals surface area contributed by atoms with Crippen molar-refractivity contribution in [3.8, 4) is 6.07 Å². The van der Waals surface area contributed by atoms with Crippen LogP contribution in [0.2, 0.25) is 5.02 Å². The third-order valence-corrected chi connectivity index (χ3v) is 2.55. The largest absolute Gasteiger partial charge is 0.298 e. The standard InChI is InChI=1S/C10H15ClN4/c1-4-13-10(3,6-12)7-15-5-9(11)8(2)14-15/h5,13H,4,7H2,1-3H3. The van der Waals surface area contributed by atoms with Crippen molar-refractivity contribution in [2.75, 3.05) is 6.54 Å². The van der Waals surface area contributed by atoms with Crippen molar-refractivity contribution in [2.24, 2.45) is 0 Å². The van der Waals surface area contributed by atoms with E-state index >= 15 is 0 Å². The van der Waals surface area contributed by atoms with Crippen LogP contribution < -0.4 is 5.32 Å². The van der Waals surface area contributed by atoms with E-state index in [9.17, 15) is 0 Å². The smallest absolute Gasteiger partial charge is 0.123 e. The van der Waals surface area contributed by atoms with Crippen LogP contribution in [0.1, 0.15) is 19.5 Å². The summed E-state index contributed by atoms with van der Waals surface area (Å²) in [6.07, 6.45) is 1.74. The summed E-state index contributed by atoms with van der Waals surface area (Å²) in [4.78, 5) is 0. The van der Waals surface area contributed by atoms with E-state index in [1.54, 1.807) is 10.9 Å². The minimum atomic E-state index is -0.601. The van der Waals surface area contributed by atoms with E-state index in [2.05, 4.69) is 16.5 Å². The molecule has 0 saturated carbocycles. The van der Waals surface area contributed by atoms with Crippen molar-refractivity contribution in [2.45, 2.75) is 32.9 Å². The number of nitrogens with one attached hydrogen (secondary N) is 1. The van der Waals surface area contributed by atoms with Crippen molar-refractivity contribution >= 4 is 11.6 Å². The van der Waals surface area contributed by atoms with Crippen LogP contribution in [-0.2, 0) is 6.54 Å². The molecule has 0 fully saturated rings. The molecule has 15 heavy (non-hydrogen) atoms. The van der Waals surface area contributed by atoms with Gasteiger partial charge in [-0.1, -0.05) is 18.5 Å². The zero-order valence-electron chi connectivity index (χ0n) is 9.21. The highest BCUT2D eigenvalue weighted by Gasteiger charge is 2.23. The molecule has 0 bridgehead atoms. The molecule has 0 spiro atoms. The topological polar surface area (TPSA) is 53.6 Å². The van der Waals surface area contributed by atoms with Gasteiger partial charge in [-0.05, 0) is 20.4 Å². The maximum Gasteiger partial charge on any atom is 0.123 e. The van der Waals surface area contributed by atoms with E-state index in [1.165, 1.54) is 0 Å². The molecule has 1 aromatic rings. The number of aromatic nitrogens is 2. The van der Waals surface area contributed by atoms with Crippen LogP contribution in [0.3, 0.4) is 0 Å². The number of aryl methyl sites for hydroxylation is 1. The molecule has 4 nitrogen and oxygen atoms in total. The van der Waals surface area contributed by atoms with Crippen LogP contribution in [0, 0.1) is 18.3 Å². The normalized spacial score (nSPS) is 14.6. The molecular weight excluding hydrogens is 212 g/mol. The Kier molecular flexibility index (Phi) is 3.72. The van der Waals surface area contributed by atoms with Crippen molar-refractivity contribution in [1.82, 2.24) is 15.1 Å². The lowest BCUT2D eigenvalue weighted by Crippen LogP contribution is -2.44. The fraction of sp³-hybridized carbons (Fsp3) is 0.600. The number of hydrogen-bond donors (Lipinski definition) is 1. The second-order valence-electron chi connectivity index (χ2n) is 3.73. The van der Waals surface area contributed by atoms with Gasteiger partial charge in [0.25, 0.3) is 0 Å². The summed E-state index contributed by atoms with van der Waals surface area (Å²) in [5.74, 6) is 0. The first-order chi connectivity index (χ1) is 7.00. The van der Waals surface area contributed by atoms with Crippen LogP contribution in [0.15, 0.2) is 6.20 Å². The fourth-order valence-corrected chi connectivity index (χ4v) is 1.57. The monoisotopic (exact) mass is 226 g/mol. The van der Waals surface area contributed by atoms with E-state index < -0.39 is 5.54 Å². The summed E-state index contributed by atoms with van der Waals surface area (Å²) in [5.41, 5.74) is 0.185. The van der Waals surface area contributed by atoms with Crippen LogP contribution in [0.5, 0.6) is 0 Å². The average molecular weight is 227 g/mol. The first-order valence-electron chi connectivity index (χ1n) is 4.86. The van der Waals surface area contributed by atoms with Gasteiger partial charge in [-0.15, -0.1) is 0 Å². The molecule has 1 aromatic heterocycles. The van der Waals surface area contributed by atoms with Crippen molar-refractivity contribution in [3.63, 3.8) is 0 Å². The Morgan fingerprint density at radius 2 is 2.40 bits per heavy atom. The van der Waals surface area contributed by atoms with E-state index in [-0.39, 0.29) is 0 Å². The lowest BCUT2D eigenvalue weighted by atomic mass is 10.1. The second kappa shape index (κ2) is 4.65. The highest BCUT2D eigenvalue weighted by molar-refractivity contribution is 6.31. The predicted octanol–water partition coefficient (Wildman–Crippen LogP) is 1.74. The van der Waals surface area contributed by atoms with Gasteiger partial charge in [0, 0.05) is 6.20 Å². The number of hydrogen-bond acceptors (Lipinski definition) is 3. The molecular formula is C10H15ClN4. The molecule has 5 heteroatoms. The molecule has 1 unspecified atom stereocenters. The van der Waals surface area contributed by atoms with Crippen LogP contribution in [-0.4, -0.2) is 21.9 Å². The summed E-state index contributed by atoms with van der Waals surface area (Å²) in [5, 5.41) is 17.0. The molecule has 1 N–H and O–H groups in total. The lowest BCUT2D eigenvalue weighted by molar-refractivity contribution is 0.377. The summed E-state index contributed by atoms with van der Waals surface area (Å²) in [6.45, 7) is 6.90. The molecule has 0 saturated heterocycles. The number of rotatable bonds is 4. The van der Waals surface area contributed by atoms with Gasteiger partial charge in [0.2, 0.25) is 0 Å². The maximum atomic E-state index is 9.07. The Morgan fingerprint density at radius 3 is 2.80 bits per heavy atom. The summed E-state index contributed by atoms with van der Waals surface area (Å²) >= 11 is 5.89. The van der Waals surface area contributed by atoms with Gasteiger partial charge >= 0.3 is 0 Å². The predicted molar refractivity (Wildman–Crippen MR) is 59.7 cm³/mol. The molecule has 0 aliphatic heterocycles. The highest BCUT2D eigenvalue weighted by atomic mass is 35.5. The molecule has 1 heterocycles. The first kappa shape index (κ1) is 12.0. The third kappa shape index (κ3) is 2.95. The SMILES string of the molecule is CCNC(C)(C#N)Cn1cc(Cl)c(C)n1. The Bertz CT molecular complexity index is 360. The van der Waals surface area contributed by atoms with Crippen molar-refractivity contribution in [3.05, 3.63) is 16.9 Å². The average Bonchev–Trinajstić information content (AvgIpc) is 2.46. The molecule has 1 rings (SSSR count). The van der Waals surface area contributed by atoms with E-state index in [0.717, 1.165) is 12.2 Å². The summed E-state index contributed by atoms with van der Waals surface area (Å²) in [6, 6.07) is 2.24. The maximum absolute atomic E-state index is 9.07. The zero-order chi connectivity index (χ0) is 11.5. The highest BCUT2D eigenvalue weighted by Crippen LogP contribution is 2.14. The Balaban J connectivity index is 2.80. The second-order valence-corrected chi connectivity index (χ2v) is 4.14. The van der Waals surface area contributed by atoms with Gasteiger partial charge in [-0.2, -0.15) is 10.4 Å². The molecule has 82 valence electrons. The third-order valence-electron chi connectivity index (χ3n) is 2.18. The van der Waals surface area contributed by atoms with Crippen LogP contribution in [0.4, 0.5) is 0 Å². The molecule has 0 aliphatic carbocycles. The van der Waals surface area contributed by atoms with E-state index in [0.29, 0.717) is 11.6 Å². The molecule has 0 radical (unpaired) electrons. The Morgan fingerprint density at radius 1 is 1.73 bits per heavy atom. The van der Waals surface area contributed by atoms with Gasteiger partial charge < -0.3 is 0 Å². The Labute approximate surface area is 94.8 Å². The zero-order valence-corrected chi connectivity index (χ0v) is 9.97. The number of nitrogens with zero attached hydrogens (tertiary/aromatic N) is 3. The molecule has 0 amide bonds. The molecule has 1 atom stereocenters. The van der Waals surface area contributed by atoms with Gasteiger partial charge in [-0.25, -0.2) is 0 Å². The molecule has 0 aromatic carbocycles. The van der Waals surface area contributed by atoms with Gasteiger partial charge in [0.05, 0.1) is 23.3 Å². The number of likely N-dealkylation sites (N-methyl/N-ethyl adjacent to an activating group) is 1. The van der Waals surface area contributed by atoms with Gasteiger partial charge in [0.15, 0.2) is 0 Å². The van der Waals surface area contributed by atoms with E-state index in [4.69, 9.17) is 16.9 Å². The quantitative estimate of drug-likeness (QED) is 0.851. The summed E-state index contributed by atoms with van der Waals surface area (Å²) < 4.78 is 1.70. The summed E-state index contributed by atoms with van der Waals surface area (Å²) in [7, 11) is 0.